The first-order valence-corrected chi connectivity index (χ1v) is 13.1. The van der Waals surface area contributed by atoms with Gasteiger partial charge in [-0.15, -0.1) is 0 Å². The summed E-state index contributed by atoms with van der Waals surface area (Å²) in [5.74, 6) is -0.459. The van der Waals surface area contributed by atoms with Crippen molar-refractivity contribution in [1.82, 2.24) is 14.3 Å². The number of hydrogen-bond donors (Lipinski definition) is 2. The fourth-order valence-electron chi connectivity index (χ4n) is 3.49. The normalized spacial score (nSPS) is 17.5. The third-order valence-electron chi connectivity index (χ3n) is 5.29. The highest BCUT2D eigenvalue weighted by molar-refractivity contribution is 7.89. The summed E-state index contributed by atoms with van der Waals surface area (Å²) in [6.07, 6.45) is 1.09. The van der Waals surface area contributed by atoms with Crippen molar-refractivity contribution in [3.8, 4) is 0 Å². The van der Waals surface area contributed by atoms with Crippen molar-refractivity contribution in [3.05, 3.63) is 65.2 Å². The van der Waals surface area contributed by atoms with Gasteiger partial charge in [0.15, 0.2) is 0 Å². The number of benzene rings is 2. The van der Waals surface area contributed by atoms with Gasteiger partial charge in [0.25, 0.3) is 0 Å². The Bertz CT molecular complexity index is 1130. The van der Waals surface area contributed by atoms with Crippen LogP contribution in [0.15, 0.2) is 53.4 Å². The summed E-state index contributed by atoms with van der Waals surface area (Å²) in [5, 5.41) is 2.81. The van der Waals surface area contributed by atoms with Crippen LogP contribution < -0.4 is 10.0 Å². The fourth-order valence-corrected chi connectivity index (χ4v) is 5.92. The molecule has 3 rings (SSSR count). The lowest BCUT2D eigenvalue weighted by Crippen LogP contribution is -2.45. The zero-order valence-corrected chi connectivity index (χ0v) is 19.2. The largest absolute Gasteiger partial charge is 0.351 e. The number of nitrogens with one attached hydrogen (secondary N) is 2. The third kappa shape index (κ3) is 5.70. The summed E-state index contributed by atoms with van der Waals surface area (Å²) in [4.78, 5) is 12.9. The summed E-state index contributed by atoms with van der Waals surface area (Å²) in [6, 6.07) is 12.7. The summed E-state index contributed by atoms with van der Waals surface area (Å²) in [7, 11) is -5.73. The second-order valence-corrected chi connectivity index (χ2v) is 11.4. The van der Waals surface area contributed by atoms with Crippen LogP contribution in [0.3, 0.4) is 0 Å². The van der Waals surface area contributed by atoms with Gasteiger partial charge in [-0.3, -0.25) is 4.79 Å². The molecule has 2 N–H and O–H groups in total. The van der Waals surface area contributed by atoms with Crippen molar-refractivity contribution in [2.45, 2.75) is 43.0 Å². The van der Waals surface area contributed by atoms with Crippen LogP contribution in [0.1, 0.15) is 29.5 Å². The second-order valence-electron chi connectivity index (χ2n) is 7.58. The maximum atomic E-state index is 13.0. The van der Waals surface area contributed by atoms with E-state index in [4.69, 9.17) is 0 Å². The lowest BCUT2D eigenvalue weighted by molar-refractivity contribution is -0.124. The first-order valence-electron chi connectivity index (χ1n) is 9.98. The van der Waals surface area contributed by atoms with Gasteiger partial charge in [0.1, 0.15) is 6.04 Å². The zero-order valence-electron chi connectivity index (χ0n) is 17.5. The quantitative estimate of drug-likeness (QED) is 0.614. The number of carbonyl (C=O) groups excluding carboxylic acids is 1. The van der Waals surface area contributed by atoms with E-state index < -0.39 is 26.1 Å². The molecule has 10 heteroatoms. The first-order chi connectivity index (χ1) is 14.6. The molecule has 31 heavy (non-hydrogen) atoms. The average Bonchev–Trinajstić information content (AvgIpc) is 3.24. The minimum absolute atomic E-state index is 0.121. The molecule has 1 aliphatic heterocycles. The Labute approximate surface area is 183 Å². The summed E-state index contributed by atoms with van der Waals surface area (Å²) in [6.45, 7) is 2.42. The van der Waals surface area contributed by atoms with E-state index in [1.165, 1.54) is 11.4 Å². The Balaban J connectivity index is 1.64. The first kappa shape index (κ1) is 23.4. The number of sulfonamides is 2. The van der Waals surface area contributed by atoms with Gasteiger partial charge in [-0.2, -0.15) is 4.31 Å². The van der Waals surface area contributed by atoms with E-state index in [0.29, 0.717) is 24.9 Å². The minimum atomic E-state index is -3.75. The maximum absolute atomic E-state index is 13.0. The van der Waals surface area contributed by atoms with Gasteiger partial charge >= 0.3 is 0 Å². The minimum Gasteiger partial charge on any atom is -0.351 e. The van der Waals surface area contributed by atoms with Crippen LogP contribution in [0, 0.1) is 6.92 Å². The van der Waals surface area contributed by atoms with E-state index in [0.717, 1.165) is 11.1 Å². The molecule has 1 fully saturated rings. The number of nitrogens with zero attached hydrogens (tertiary/aromatic N) is 1. The molecule has 0 aromatic heterocycles. The lowest BCUT2D eigenvalue weighted by atomic mass is 10.1. The van der Waals surface area contributed by atoms with Gasteiger partial charge in [-0.05, 0) is 50.1 Å². The van der Waals surface area contributed by atoms with Crippen LogP contribution >= 0.6 is 0 Å². The third-order valence-corrected chi connectivity index (χ3v) is 8.55. The molecule has 2 aromatic carbocycles. The highest BCUT2D eigenvalue weighted by Gasteiger charge is 2.39. The van der Waals surface area contributed by atoms with Crippen molar-refractivity contribution >= 4 is 26.0 Å². The van der Waals surface area contributed by atoms with E-state index in [9.17, 15) is 21.6 Å². The topological polar surface area (TPSA) is 113 Å². The van der Waals surface area contributed by atoms with Crippen molar-refractivity contribution in [2.75, 3.05) is 13.6 Å². The molecule has 8 nitrogen and oxygen atoms in total. The van der Waals surface area contributed by atoms with Crippen molar-refractivity contribution in [1.29, 1.82) is 0 Å². The highest BCUT2D eigenvalue weighted by Crippen LogP contribution is 2.26. The Morgan fingerprint density at radius 1 is 1.00 bits per heavy atom. The van der Waals surface area contributed by atoms with E-state index in [-0.39, 0.29) is 23.1 Å². The van der Waals surface area contributed by atoms with Gasteiger partial charge < -0.3 is 5.32 Å². The molecule has 0 bridgehead atoms. The predicted octanol–water partition coefficient (Wildman–Crippen LogP) is 1.51. The van der Waals surface area contributed by atoms with Crippen LogP contribution in [0.25, 0.3) is 0 Å². The van der Waals surface area contributed by atoms with Gasteiger partial charge in [0.05, 0.1) is 10.6 Å². The molecule has 0 saturated carbocycles. The van der Waals surface area contributed by atoms with Crippen LogP contribution in [-0.2, 0) is 37.1 Å². The van der Waals surface area contributed by atoms with Crippen LogP contribution in [-0.4, -0.2) is 46.7 Å². The molecule has 0 radical (unpaired) electrons. The number of aryl methyl sites for hydroxylation is 1. The fraction of sp³-hybridized carbons (Fsp3) is 0.381. The Hall–Kier alpha value is -2.27. The summed E-state index contributed by atoms with van der Waals surface area (Å²) < 4.78 is 52.8. The van der Waals surface area contributed by atoms with Crippen molar-refractivity contribution < 1.29 is 21.6 Å². The predicted molar refractivity (Wildman–Crippen MR) is 118 cm³/mol. The van der Waals surface area contributed by atoms with Gasteiger partial charge in [0, 0.05) is 13.1 Å². The molecule has 0 spiro atoms. The number of amides is 1. The van der Waals surface area contributed by atoms with E-state index >= 15 is 0 Å². The number of rotatable bonds is 8. The van der Waals surface area contributed by atoms with Crippen LogP contribution in [0.5, 0.6) is 0 Å². The van der Waals surface area contributed by atoms with Gasteiger partial charge in [-0.1, -0.05) is 42.0 Å². The molecule has 2 aromatic rings. The summed E-state index contributed by atoms with van der Waals surface area (Å²) >= 11 is 0. The molecule has 1 atom stereocenters. The lowest BCUT2D eigenvalue weighted by Gasteiger charge is -2.23. The molecule has 168 valence electrons. The maximum Gasteiger partial charge on any atom is 0.243 e. The van der Waals surface area contributed by atoms with Crippen LogP contribution in [0.2, 0.25) is 0 Å². The van der Waals surface area contributed by atoms with Crippen LogP contribution in [0.4, 0.5) is 0 Å². The molecule has 1 heterocycles. The van der Waals surface area contributed by atoms with E-state index in [1.54, 1.807) is 48.5 Å². The van der Waals surface area contributed by atoms with E-state index in [1.807, 2.05) is 6.92 Å². The van der Waals surface area contributed by atoms with E-state index in [2.05, 4.69) is 10.0 Å². The Kier molecular flexibility index (Phi) is 7.15. The molecular weight excluding hydrogens is 438 g/mol. The molecular formula is C21H27N3O5S2. The Morgan fingerprint density at radius 3 is 2.23 bits per heavy atom. The van der Waals surface area contributed by atoms with Gasteiger partial charge in [-0.25, -0.2) is 21.6 Å². The molecule has 1 saturated heterocycles. The highest BCUT2D eigenvalue weighted by atomic mass is 32.2. The standard InChI is InChI=1S/C21H27N3O5S2/c1-16-5-11-19(12-6-16)31(28,29)24-13-3-4-20(24)21(25)23-14-17-7-9-18(10-8-17)15-30(26,27)22-2/h5-12,20,22H,3-4,13-15H2,1-2H3,(H,23,25)/t20-/m0/s1. The zero-order chi connectivity index (χ0) is 22.6. The number of hydrogen-bond acceptors (Lipinski definition) is 5. The van der Waals surface area contributed by atoms with Gasteiger partial charge in [0.2, 0.25) is 26.0 Å². The molecule has 1 aliphatic rings. The Morgan fingerprint density at radius 2 is 1.61 bits per heavy atom. The van der Waals surface area contributed by atoms with Crippen molar-refractivity contribution in [3.63, 3.8) is 0 Å². The monoisotopic (exact) mass is 465 g/mol. The molecule has 0 aliphatic carbocycles. The number of carbonyl (C=O) groups is 1. The average molecular weight is 466 g/mol. The molecule has 0 unspecified atom stereocenters. The van der Waals surface area contributed by atoms with Crippen molar-refractivity contribution in [2.24, 2.45) is 0 Å². The molecule has 1 amide bonds. The SMILES string of the molecule is CNS(=O)(=O)Cc1ccc(CNC(=O)[C@@H]2CCCN2S(=O)(=O)c2ccc(C)cc2)cc1. The smallest absolute Gasteiger partial charge is 0.243 e. The second kappa shape index (κ2) is 9.47. The summed E-state index contributed by atoms with van der Waals surface area (Å²) in [5.41, 5.74) is 2.39.